The highest BCUT2D eigenvalue weighted by Gasteiger charge is 2.28. The van der Waals surface area contributed by atoms with Gasteiger partial charge in [0.15, 0.2) is 5.76 Å². The van der Waals surface area contributed by atoms with Gasteiger partial charge in [0.1, 0.15) is 11.6 Å². The first-order chi connectivity index (χ1) is 16.0. The topological polar surface area (TPSA) is 79.8 Å². The number of benzene rings is 2. The molecule has 3 aromatic rings. The van der Waals surface area contributed by atoms with Gasteiger partial charge in [0, 0.05) is 32.1 Å². The molecule has 1 aliphatic rings. The van der Waals surface area contributed by atoms with Gasteiger partial charge in [-0.2, -0.15) is 0 Å². The maximum absolute atomic E-state index is 13.3. The Bertz CT molecular complexity index is 1070. The zero-order chi connectivity index (χ0) is 23.2. The van der Waals surface area contributed by atoms with Gasteiger partial charge in [0.05, 0.1) is 6.54 Å². The molecule has 4 rings (SSSR count). The lowest BCUT2D eigenvalue weighted by molar-refractivity contribution is -0.123. The van der Waals surface area contributed by atoms with Crippen LogP contribution in [0.2, 0.25) is 0 Å². The minimum Gasteiger partial charge on any atom is -0.455 e. The number of piperidine rings is 1. The van der Waals surface area contributed by atoms with Crippen LogP contribution < -0.4 is 5.73 Å². The minimum atomic E-state index is -0.304. The Balaban J connectivity index is 1.43. The second kappa shape index (κ2) is 10.4. The monoisotopic (exact) mass is 449 g/mol. The van der Waals surface area contributed by atoms with Crippen molar-refractivity contribution in [2.75, 3.05) is 13.1 Å². The van der Waals surface area contributed by atoms with E-state index in [9.17, 15) is 14.0 Å². The van der Waals surface area contributed by atoms with Gasteiger partial charge < -0.3 is 15.1 Å². The van der Waals surface area contributed by atoms with Crippen molar-refractivity contribution in [1.29, 1.82) is 0 Å². The van der Waals surface area contributed by atoms with E-state index in [0.717, 1.165) is 11.1 Å². The summed E-state index contributed by atoms with van der Waals surface area (Å²) in [6.45, 7) is 2.78. The molecule has 0 bridgehead atoms. The van der Waals surface area contributed by atoms with Crippen LogP contribution in [-0.4, -0.2) is 34.7 Å². The quantitative estimate of drug-likeness (QED) is 0.565. The van der Waals surface area contributed by atoms with E-state index < -0.39 is 0 Å². The Hall–Kier alpha value is -3.45. The summed E-state index contributed by atoms with van der Waals surface area (Å²) in [7, 11) is 0. The van der Waals surface area contributed by atoms with Crippen molar-refractivity contribution in [2.45, 2.75) is 32.5 Å². The van der Waals surface area contributed by atoms with Gasteiger partial charge in [-0.25, -0.2) is 4.39 Å². The number of amides is 2. The Kier molecular flexibility index (Phi) is 7.19. The first kappa shape index (κ1) is 22.7. The average Bonchev–Trinajstić information content (AvgIpc) is 3.29. The van der Waals surface area contributed by atoms with E-state index in [1.54, 1.807) is 23.1 Å². The second-order valence-corrected chi connectivity index (χ2v) is 8.49. The van der Waals surface area contributed by atoms with Gasteiger partial charge in [-0.15, -0.1) is 0 Å². The number of primary amides is 1. The third kappa shape index (κ3) is 6.08. The maximum atomic E-state index is 13.3. The van der Waals surface area contributed by atoms with Gasteiger partial charge in [0.2, 0.25) is 5.91 Å². The van der Waals surface area contributed by atoms with Crippen molar-refractivity contribution >= 4 is 11.8 Å². The molecule has 0 spiro atoms. The van der Waals surface area contributed by atoms with Gasteiger partial charge in [-0.3, -0.25) is 14.5 Å². The van der Waals surface area contributed by atoms with Crippen molar-refractivity contribution in [3.05, 3.63) is 95.2 Å². The summed E-state index contributed by atoms with van der Waals surface area (Å²) in [5.74, 6) is 0.0772. The van der Waals surface area contributed by atoms with E-state index in [2.05, 4.69) is 17.0 Å². The molecule has 0 radical (unpaired) electrons. The van der Waals surface area contributed by atoms with Crippen LogP contribution in [0, 0.1) is 11.7 Å². The number of rotatable bonds is 8. The fourth-order valence-corrected chi connectivity index (χ4v) is 4.18. The molecule has 1 aliphatic heterocycles. The highest BCUT2D eigenvalue weighted by Crippen LogP contribution is 2.21. The van der Waals surface area contributed by atoms with E-state index in [0.29, 0.717) is 57.1 Å². The van der Waals surface area contributed by atoms with Crippen molar-refractivity contribution in [1.82, 2.24) is 9.80 Å². The first-order valence-electron chi connectivity index (χ1n) is 11.2. The molecule has 1 saturated heterocycles. The van der Waals surface area contributed by atoms with Gasteiger partial charge >= 0.3 is 0 Å². The van der Waals surface area contributed by atoms with E-state index in [1.165, 1.54) is 12.1 Å². The largest absolute Gasteiger partial charge is 0.455 e. The molecule has 2 aromatic carbocycles. The number of nitrogens with two attached hydrogens (primary N) is 1. The summed E-state index contributed by atoms with van der Waals surface area (Å²) >= 11 is 0. The zero-order valence-corrected chi connectivity index (χ0v) is 18.5. The average molecular weight is 450 g/mol. The molecule has 172 valence electrons. The van der Waals surface area contributed by atoms with Crippen molar-refractivity contribution < 1.29 is 18.4 Å². The smallest absolute Gasteiger partial charge is 0.289 e. The number of hydrogen-bond donors (Lipinski definition) is 1. The Morgan fingerprint density at radius 2 is 1.55 bits per heavy atom. The van der Waals surface area contributed by atoms with Crippen LogP contribution >= 0.6 is 0 Å². The number of carbonyl (C=O) groups excluding carboxylic acids is 2. The van der Waals surface area contributed by atoms with Gasteiger partial charge in [0.25, 0.3) is 5.91 Å². The minimum absolute atomic E-state index is 0.167. The summed E-state index contributed by atoms with van der Waals surface area (Å²) in [6.07, 6.45) is 1.16. The predicted molar refractivity (Wildman–Crippen MR) is 122 cm³/mol. The lowest BCUT2D eigenvalue weighted by Gasteiger charge is -2.29. The van der Waals surface area contributed by atoms with Crippen LogP contribution in [0.4, 0.5) is 4.39 Å². The predicted octanol–water partition coefficient (Wildman–Crippen LogP) is 3.96. The fourth-order valence-electron chi connectivity index (χ4n) is 4.18. The third-order valence-electron chi connectivity index (χ3n) is 6.00. The zero-order valence-electron chi connectivity index (χ0n) is 18.5. The van der Waals surface area contributed by atoms with Crippen LogP contribution in [0.5, 0.6) is 0 Å². The first-order valence-corrected chi connectivity index (χ1v) is 11.2. The molecule has 0 unspecified atom stereocenters. The summed E-state index contributed by atoms with van der Waals surface area (Å²) in [5, 5.41) is 0. The van der Waals surface area contributed by atoms with Crippen LogP contribution in [0.15, 0.2) is 71.1 Å². The third-order valence-corrected chi connectivity index (χ3v) is 6.00. The molecule has 1 fully saturated rings. The molecule has 1 aromatic heterocycles. The van der Waals surface area contributed by atoms with Crippen LogP contribution in [-0.2, 0) is 24.4 Å². The second-order valence-electron chi connectivity index (χ2n) is 8.49. The molecule has 0 aliphatic carbocycles. The van der Waals surface area contributed by atoms with E-state index in [1.807, 2.05) is 24.3 Å². The summed E-state index contributed by atoms with van der Waals surface area (Å²) in [4.78, 5) is 28.1. The number of halogens is 1. The molecular formula is C26H28FN3O3. The SMILES string of the molecule is NC(=O)C1CCN(C(=O)c2ccc(CN(Cc3ccccc3)Cc3ccc(F)cc3)o2)CC1. The lowest BCUT2D eigenvalue weighted by Crippen LogP contribution is -2.41. The number of furan rings is 1. The molecule has 7 heteroatoms. The van der Waals surface area contributed by atoms with Gasteiger partial charge in [-0.05, 0) is 48.2 Å². The van der Waals surface area contributed by atoms with Crippen molar-refractivity contribution in [2.24, 2.45) is 11.7 Å². The summed E-state index contributed by atoms with van der Waals surface area (Å²) in [5.41, 5.74) is 7.53. The highest BCUT2D eigenvalue weighted by atomic mass is 19.1. The van der Waals surface area contributed by atoms with Gasteiger partial charge in [-0.1, -0.05) is 42.5 Å². The standard InChI is InChI=1S/C26H28FN3O3/c27-22-8-6-20(7-9-22)17-29(16-19-4-2-1-3-5-19)18-23-10-11-24(33-23)26(32)30-14-12-21(13-15-30)25(28)31/h1-11,21H,12-18H2,(H2,28,31). The molecule has 2 heterocycles. The fraction of sp³-hybridized carbons (Fsp3) is 0.308. The van der Waals surface area contributed by atoms with Crippen LogP contribution in [0.25, 0.3) is 0 Å². The number of carbonyl (C=O) groups is 2. The molecular weight excluding hydrogens is 421 g/mol. The maximum Gasteiger partial charge on any atom is 0.289 e. The van der Waals surface area contributed by atoms with Crippen LogP contribution in [0.3, 0.4) is 0 Å². The normalized spacial score (nSPS) is 14.5. The molecule has 33 heavy (non-hydrogen) atoms. The lowest BCUT2D eigenvalue weighted by atomic mass is 9.96. The van der Waals surface area contributed by atoms with E-state index in [4.69, 9.17) is 10.2 Å². The summed E-state index contributed by atoms with van der Waals surface area (Å²) < 4.78 is 19.2. The molecule has 2 amide bonds. The number of likely N-dealkylation sites (tertiary alicyclic amines) is 1. The van der Waals surface area contributed by atoms with E-state index in [-0.39, 0.29) is 23.5 Å². The molecule has 0 atom stereocenters. The van der Waals surface area contributed by atoms with Crippen molar-refractivity contribution in [3.8, 4) is 0 Å². The summed E-state index contributed by atoms with van der Waals surface area (Å²) in [6, 6.07) is 20.1. The Morgan fingerprint density at radius 1 is 0.909 bits per heavy atom. The number of nitrogens with zero attached hydrogens (tertiary/aromatic N) is 2. The Morgan fingerprint density at radius 3 is 2.18 bits per heavy atom. The van der Waals surface area contributed by atoms with Crippen LogP contribution in [0.1, 0.15) is 40.3 Å². The highest BCUT2D eigenvalue weighted by molar-refractivity contribution is 5.91. The van der Waals surface area contributed by atoms with E-state index >= 15 is 0 Å². The Labute approximate surface area is 192 Å². The number of hydrogen-bond acceptors (Lipinski definition) is 4. The molecule has 0 saturated carbocycles. The molecule has 2 N–H and O–H groups in total. The van der Waals surface area contributed by atoms with Crippen molar-refractivity contribution in [3.63, 3.8) is 0 Å². The molecule has 6 nitrogen and oxygen atoms in total.